The molecule has 2 aliphatic heterocycles. The Balaban J connectivity index is 1.68. The van der Waals surface area contributed by atoms with Crippen LogP contribution >= 0.6 is 0 Å². The van der Waals surface area contributed by atoms with Crippen LogP contribution in [0.3, 0.4) is 0 Å². The summed E-state index contributed by atoms with van der Waals surface area (Å²) in [6, 6.07) is 7.97. The van der Waals surface area contributed by atoms with Crippen LogP contribution in [0, 0.1) is 0 Å². The van der Waals surface area contributed by atoms with E-state index in [1.54, 1.807) is 6.92 Å². The summed E-state index contributed by atoms with van der Waals surface area (Å²) in [6.45, 7) is 7.62. The molecule has 2 heterocycles. The van der Waals surface area contributed by atoms with Crippen molar-refractivity contribution >= 4 is 11.8 Å². The van der Waals surface area contributed by atoms with Gasteiger partial charge in [-0.15, -0.1) is 0 Å². The number of benzene rings is 1. The maximum atomic E-state index is 12.1. The number of hydrogen-bond donors (Lipinski definition) is 1. The van der Waals surface area contributed by atoms with Gasteiger partial charge in [-0.3, -0.25) is 14.5 Å². The van der Waals surface area contributed by atoms with Crippen molar-refractivity contribution < 1.29 is 14.3 Å². The van der Waals surface area contributed by atoms with E-state index < -0.39 is 0 Å². The van der Waals surface area contributed by atoms with Crippen LogP contribution in [0.15, 0.2) is 24.3 Å². The zero-order valence-corrected chi connectivity index (χ0v) is 15.8. The van der Waals surface area contributed by atoms with Gasteiger partial charge >= 0.3 is 0 Å². The lowest BCUT2D eigenvalue weighted by molar-refractivity contribution is -0.133. The summed E-state index contributed by atoms with van der Waals surface area (Å²) < 4.78 is 6.46. The smallest absolute Gasteiger partial charge is 0.234 e. The molecule has 1 spiro atoms. The molecule has 26 heavy (non-hydrogen) atoms. The number of carbonyl (C=O) groups is 2. The Bertz CT molecular complexity index is 653. The third-order valence-electron chi connectivity index (χ3n) is 5.29. The molecule has 6 nitrogen and oxygen atoms in total. The normalized spacial score (nSPS) is 19.4. The molecule has 1 fully saturated rings. The van der Waals surface area contributed by atoms with E-state index in [9.17, 15) is 9.59 Å². The van der Waals surface area contributed by atoms with Crippen LogP contribution in [0.2, 0.25) is 0 Å². The van der Waals surface area contributed by atoms with E-state index in [-0.39, 0.29) is 17.4 Å². The molecular formula is C20H29N3O3. The van der Waals surface area contributed by atoms with Gasteiger partial charge in [0.05, 0.1) is 13.1 Å². The molecule has 0 radical (unpaired) electrons. The second-order valence-electron chi connectivity index (χ2n) is 7.39. The fraction of sp³-hybridized carbons (Fsp3) is 0.600. The molecule has 0 atom stereocenters. The van der Waals surface area contributed by atoms with Crippen LogP contribution < -0.4 is 10.1 Å². The van der Waals surface area contributed by atoms with Crippen LogP contribution in [0.5, 0.6) is 5.75 Å². The highest BCUT2D eigenvalue weighted by molar-refractivity contribution is 5.78. The SMILES string of the molecule is CCCNC(=O)CN1CCC2(CC1)CN(C(C)=O)Cc1ccccc1O2. The second kappa shape index (κ2) is 8.08. The molecule has 1 saturated heterocycles. The highest BCUT2D eigenvalue weighted by atomic mass is 16.5. The van der Waals surface area contributed by atoms with E-state index in [2.05, 4.69) is 10.2 Å². The van der Waals surface area contributed by atoms with Crippen molar-refractivity contribution in [2.24, 2.45) is 0 Å². The topological polar surface area (TPSA) is 61.9 Å². The minimum Gasteiger partial charge on any atom is -0.485 e. The van der Waals surface area contributed by atoms with Crippen molar-refractivity contribution in [3.05, 3.63) is 29.8 Å². The second-order valence-corrected chi connectivity index (χ2v) is 7.39. The highest BCUT2D eigenvalue weighted by Crippen LogP contribution is 2.35. The van der Waals surface area contributed by atoms with Crippen molar-refractivity contribution in [2.45, 2.75) is 45.3 Å². The summed E-state index contributed by atoms with van der Waals surface area (Å²) in [4.78, 5) is 28.1. The fourth-order valence-corrected chi connectivity index (χ4v) is 3.73. The van der Waals surface area contributed by atoms with E-state index >= 15 is 0 Å². The number of amides is 2. The molecule has 0 saturated carbocycles. The maximum Gasteiger partial charge on any atom is 0.234 e. The van der Waals surface area contributed by atoms with Gasteiger partial charge in [0.1, 0.15) is 11.4 Å². The molecule has 0 aliphatic carbocycles. The van der Waals surface area contributed by atoms with Crippen molar-refractivity contribution in [2.75, 3.05) is 32.7 Å². The van der Waals surface area contributed by atoms with Crippen LogP contribution in [0.4, 0.5) is 0 Å². The summed E-state index contributed by atoms with van der Waals surface area (Å²) in [5.74, 6) is 1.04. The number of nitrogens with zero attached hydrogens (tertiary/aromatic N) is 2. The molecule has 3 rings (SSSR count). The summed E-state index contributed by atoms with van der Waals surface area (Å²) in [5, 5.41) is 2.93. The average Bonchev–Trinajstić information content (AvgIpc) is 2.79. The quantitative estimate of drug-likeness (QED) is 0.890. The monoisotopic (exact) mass is 359 g/mol. The van der Waals surface area contributed by atoms with Gasteiger partial charge in [0.25, 0.3) is 0 Å². The maximum absolute atomic E-state index is 12.1. The fourth-order valence-electron chi connectivity index (χ4n) is 3.73. The van der Waals surface area contributed by atoms with Gasteiger partial charge in [-0.05, 0) is 12.5 Å². The molecule has 1 aromatic rings. The lowest BCUT2D eigenvalue weighted by atomic mass is 9.90. The van der Waals surface area contributed by atoms with Gasteiger partial charge in [0.2, 0.25) is 11.8 Å². The predicted octanol–water partition coefficient (Wildman–Crippen LogP) is 1.79. The Morgan fingerprint density at radius 2 is 1.96 bits per heavy atom. The number of likely N-dealkylation sites (tertiary alicyclic amines) is 1. The zero-order chi connectivity index (χ0) is 18.6. The summed E-state index contributed by atoms with van der Waals surface area (Å²) in [7, 11) is 0. The minimum atomic E-state index is -0.366. The minimum absolute atomic E-state index is 0.0750. The number of carbonyl (C=O) groups excluding carboxylic acids is 2. The van der Waals surface area contributed by atoms with E-state index in [4.69, 9.17) is 4.74 Å². The first-order chi connectivity index (χ1) is 12.5. The largest absolute Gasteiger partial charge is 0.485 e. The van der Waals surface area contributed by atoms with Gasteiger partial charge in [0.15, 0.2) is 0 Å². The van der Waals surface area contributed by atoms with Crippen LogP contribution in [-0.4, -0.2) is 59.9 Å². The number of para-hydroxylation sites is 1. The average molecular weight is 359 g/mol. The van der Waals surface area contributed by atoms with E-state index in [0.717, 1.165) is 50.2 Å². The van der Waals surface area contributed by atoms with Gasteiger partial charge in [0, 0.05) is 51.5 Å². The van der Waals surface area contributed by atoms with Crippen molar-refractivity contribution in [1.29, 1.82) is 0 Å². The summed E-state index contributed by atoms with van der Waals surface area (Å²) in [5.41, 5.74) is 0.690. The molecule has 1 aromatic carbocycles. The van der Waals surface area contributed by atoms with E-state index in [0.29, 0.717) is 19.6 Å². The lowest BCUT2D eigenvalue weighted by Gasteiger charge is -2.42. The first-order valence-corrected chi connectivity index (χ1v) is 9.53. The van der Waals surface area contributed by atoms with E-state index in [1.165, 1.54) is 0 Å². The lowest BCUT2D eigenvalue weighted by Crippen LogP contribution is -2.55. The standard InChI is InChI=1S/C20H29N3O3/c1-3-10-21-19(25)14-22-11-8-20(9-12-22)15-23(16(2)24)13-17-6-4-5-7-18(17)26-20/h4-7H,3,8-15H2,1-2H3,(H,21,25). The molecule has 0 bridgehead atoms. The Labute approximate surface area is 155 Å². The van der Waals surface area contributed by atoms with Crippen LogP contribution in [-0.2, 0) is 16.1 Å². The van der Waals surface area contributed by atoms with Gasteiger partial charge in [-0.25, -0.2) is 0 Å². The van der Waals surface area contributed by atoms with Gasteiger partial charge < -0.3 is 15.0 Å². The predicted molar refractivity (Wildman–Crippen MR) is 99.9 cm³/mol. The summed E-state index contributed by atoms with van der Waals surface area (Å²) in [6.07, 6.45) is 2.57. The van der Waals surface area contributed by atoms with Gasteiger partial charge in [-0.1, -0.05) is 25.1 Å². The molecule has 0 aromatic heterocycles. The van der Waals surface area contributed by atoms with E-state index in [1.807, 2.05) is 36.1 Å². The number of ether oxygens (including phenoxy) is 1. The number of piperidine rings is 1. The third kappa shape index (κ3) is 4.36. The van der Waals surface area contributed by atoms with Crippen LogP contribution in [0.25, 0.3) is 0 Å². The Hall–Kier alpha value is -2.08. The van der Waals surface area contributed by atoms with Gasteiger partial charge in [-0.2, -0.15) is 0 Å². The number of hydrogen-bond acceptors (Lipinski definition) is 4. The zero-order valence-electron chi connectivity index (χ0n) is 15.8. The molecule has 0 unspecified atom stereocenters. The Morgan fingerprint density at radius 1 is 1.23 bits per heavy atom. The van der Waals surface area contributed by atoms with Crippen molar-refractivity contribution in [3.63, 3.8) is 0 Å². The molecule has 2 amide bonds. The first-order valence-electron chi connectivity index (χ1n) is 9.53. The number of nitrogens with one attached hydrogen (secondary N) is 1. The molecule has 142 valence electrons. The Kier molecular flexibility index (Phi) is 5.81. The molecule has 2 aliphatic rings. The molecule has 1 N–H and O–H groups in total. The first kappa shape index (κ1) is 18.7. The van der Waals surface area contributed by atoms with Crippen molar-refractivity contribution in [1.82, 2.24) is 15.1 Å². The summed E-state index contributed by atoms with van der Waals surface area (Å²) >= 11 is 0. The van der Waals surface area contributed by atoms with Crippen molar-refractivity contribution in [3.8, 4) is 5.75 Å². The molecular weight excluding hydrogens is 330 g/mol. The highest BCUT2D eigenvalue weighted by Gasteiger charge is 2.41. The molecule has 6 heteroatoms. The number of rotatable bonds is 4. The number of fused-ring (bicyclic) bond motifs is 1. The Morgan fingerprint density at radius 3 is 2.65 bits per heavy atom. The third-order valence-corrected chi connectivity index (χ3v) is 5.29. The van der Waals surface area contributed by atoms with Crippen LogP contribution in [0.1, 0.15) is 38.7 Å².